The third kappa shape index (κ3) is 3.94. The maximum atomic E-state index is 12.2. The molecule has 1 fully saturated rings. The van der Waals surface area contributed by atoms with Crippen LogP contribution in [-0.2, 0) is 14.8 Å². The van der Waals surface area contributed by atoms with Crippen LogP contribution < -0.4 is 15.4 Å². The predicted molar refractivity (Wildman–Crippen MR) is 77.0 cm³/mol. The summed E-state index contributed by atoms with van der Waals surface area (Å²) >= 11 is 0. The van der Waals surface area contributed by atoms with Crippen LogP contribution in [0.5, 0.6) is 0 Å². The van der Waals surface area contributed by atoms with Gasteiger partial charge in [-0.2, -0.15) is 0 Å². The minimum absolute atomic E-state index is 0.0684. The summed E-state index contributed by atoms with van der Waals surface area (Å²) < 4.78 is 27.1. The number of rotatable bonds is 7. The van der Waals surface area contributed by atoms with Gasteiger partial charge in [0, 0.05) is 26.1 Å². The molecule has 0 spiro atoms. The Hall–Kier alpha value is -1.60. The predicted octanol–water partition coefficient (Wildman–Crippen LogP) is 0.675. The Morgan fingerprint density at radius 1 is 1.30 bits per heavy atom. The van der Waals surface area contributed by atoms with Gasteiger partial charge < -0.3 is 10.6 Å². The SMILES string of the molecule is CNC(=O)CCNc1ccccc1S(=O)(=O)NC1CC1. The minimum Gasteiger partial charge on any atom is -0.383 e. The molecule has 0 aromatic heterocycles. The lowest BCUT2D eigenvalue weighted by atomic mass is 10.3. The summed E-state index contributed by atoms with van der Waals surface area (Å²) in [7, 11) is -1.93. The summed E-state index contributed by atoms with van der Waals surface area (Å²) in [6, 6.07) is 6.78. The van der Waals surface area contributed by atoms with Crippen LogP contribution in [-0.4, -0.2) is 34.0 Å². The Labute approximate surface area is 119 Å². The molecule has 110 valence electrons. The van der Waals surface area contributed by atoms with E-state index in [0.717, 1.165) is 12.8 Å². The number of hydrogen-bond donors (Lipinski definition) is 3. The van der Waals surface area contributed by atoms with Gasteiger partial charge >= 0.3 is 0 Å². The summed E-state index contributed by atoms with van der Waals surface area (Å²) in [5, 5.41) is 5.52. The van der Waals surface area contributed by atoms with E-state index in [1.165, 1.54) is 0 Å². The van der Waals surface area contributed by atoms with Crippen LogP contribution in [0, 0.1) is 0 Å². The van der Waals surface area contributed by atoms with E-state index in [2.05, 4.69) is 15.4 Å². The Bertz CT molecular complexity index is 582. The highest BCUT2D eigenvalue weighted by atomic mass is 32.2. The zero-order valence-electron chi connectivity index (χ0n) is 11.3. The smallest absolute Gasteiger partial charge is 0.242 e. The van der Waals surface area contributed by atoms with E-state index in [1.54, 1.807) is 31.3 Å². The molecule has 1 aliphatic carbocycles. The first-order valence-electron chi connectivity index (χ1n) is 6.59. The zero-order chi connectivity index (χ0) is 14.6. The Kier molecular flexibility index (Phi) is 4.61. The molecule has 1 aliphatic rings. The Morgan fingerprint density at radius 2 is 2.00 bits per heavy atom. The number of carbonyl (C=O) groups excluding carboxylic acids is 1. The van der Waals surface area contributed by atoms with E-state index in [-0.39, 0.29) is 16.8 Å². The molecular weight excluding hydrogens is 278 g/mol. The highest BCUT2D eigenvalue weighted by Gasteiger charge is 2.29. The zero-order valence-corrected chi connectivity index (χ0v) is 12.2. The molecule has 1 aromatic carbocycles. The Morgan fingerprint density at radius 3 is 2.65 bits per heavy atom. The topological polar surface area (TPSA) is 87.3 Å². The molecule has 20 heavy (non-hydrogen) atoms. The molecule has 0 saturated heterocycles. The standard InChI is InChI=1S/C13H19N3O3S/c1-14-13(17)8-9-15-11-4-2-3-5-12(11)20(18,19)16-10-6-7-10/h2-5,10,15-16H,6-9H2,1H3,(H,14,17). The van der Waals surface area contributed by atoms with Crippen molar-refractivity contribution in [2.45, 2.75) is 30.2 Å². The van der Waals surface area contributed by atoms with Gasteiger partial charge in [-0.25, -0.2) is 13.1 Å². The van der Waals surface area contributed by atoms with Gasteiger partial charge in [-0.05, 0) is 25.0 Å². The van der Waals surface area contributed by atoms with Crippen LogP contribution in [0.25, 0.3) is 0 Å². The number of benzene rings is 1. The second-order valence-electron chi connectivity index (χ2n) is 4.74. The molecule has 1 saturated carbocycles. The monoisotopic (exact) mass is 297 g/mol. The fourth-order valence-corrected chi connectivity index (χ4v) is 3.26. The van der Waals surface area contributed by atoms with Crippen molar-refractivity contribution in [1.29, 1.82) is 0 Å². The van der Waals surface area contributed by atoms with Gasteiger partial charge in [0.15, 0.2) is 0 Å². The molecule has 7 heteroatoms. The second kappa shape index (κ2) is 6.23. The molecule has 2 rings (SSSR count). The molecule has 0 radical (unpaired) electrons. The van der Waals surface area contributed by atoms with Crippen LogP contribution in [0.1, 0.15) is 19.3 Å². The summed E-state index contributed by atoms with van der Waals surface area (Å²) in [4.78, 5) is 11.4. The number of sulfonamides is 1. The van der Waals surface area contributed by atoms with Crippen molar-refractivity contribution in [1.82, 2.24) is 10.0 Å². The number of amides is 1. The van der Waals surface area contributed by atoms with Crippen molar-refractivity contribution >= 4 is 21.6 Å². The fraction of sp³-hybridized carbons (Fsp3) is 0.462. The highest BCUT2D eigenvalue weighted by molar-refractivity contribution is 7.89. The third-order valence-corrected chi connectivity index (χ3v) is 4.60. The summed E-state index contributed by atoms with van der Waals surface area (Å²) in [5.41, 5.74) is 0.518. The van der Waals surface area contributed by atoms with E-state index >= 15 is 0 Å². The van der Waals surface area contributed by atoms with Crippen LogP contribution in [0.15, 0.2) is 29.2 Å². The van der Waals surface area contributed by atoms with Gasteiger partial charge in [-0.1, -0.05) is 12.1 Å². The number of carbonyl (C=O) groups is 1. The summed E-state index contributed by atoms with van der Waals surface area (Å²) in [6.45, 7) is 0.385. The molecule has 0 unspecified atom stereocenters. The lowest BCUT2D eigenvalue weighted by Gasteiger charge is -2.12. The molecule has 6 nitrogen and oxygen atoms in total. The lowest BCUT2D eigenvalue weighted by Crippen LogP contribution is -2.27. The molecule has 0 atom stereocenters. The van der Waals surface area contributed by atoms with E-state index in [0.29, 0.717) is 18.7 Å². The Balaban J connectivity index is 2.07. The van der Waals surface area contributed by atoms with Crippen LogP contribution in [0.2, 0.25) is 0 Å². The molecule has 3 N–H and O–H groups in total. The lowest BCUT2D eigenvalue weighted by molar-refractivity contribution is -0.120. The molecule has 0 bridgehead atoms. The fourth-order valence-electron chi connectivity index (χ4n) is 1.77. The van der Waals surface area contributed by atoms with Crippen molar-refractivity contribution in [3.63, 3.8) is 0 Å². The third-order valence-electron chi connectivity index (χ3n) is 3.02. The molecule has 0 aliphatic heterocycles. The van der Waals surface area contributed by atoms with Gasteiger partial charge in [-0.3, -0.25) is 4.79 Å². The van der Waals surface area contributed by atoms with E-state index in [9.17, 15) is 13.2 Å². The van der Waals surface area contributed by atoms with Crippen molar-refractivity contribution in [2.24, 2.45) is 0 Å². The number of anilines is 1. The van der Waals surface area contributed by atoms with Crippen LogP contribution >= 0.6 is 0 Å². The minimum atomic E-state index is -3.50. The van der Waals surface area contributed by atoms with Gasteiger partial charge in [-0.15, -0.1) is 0 Å². The average Bonchev–Trinajstić information content (AvgIpc) is 3.22. The van der Waals surface area contributed by atoms with Crippen molar-refractivity contribution in [3.8, 4) is 0 Å². The van der Waals surface area contributed by atoms with Crippen LogP contribution in [0.3, 0.4) is 0 Å². The number of hydrogen-bond acceptors (Lipinski definition) is 4. The first-order chi connectivity index (χ1) is 9.53. The van der Waals surface area contributed by atoms with E-state index < -0.39 is 10.0 Å². The number of para-hydroxylation sites is 1. The van der Waals surface area contributed by atoms with Crippen LogP contribution in [0.4, 0.5) is 5.69 Å². The van der Waals surface area contributed by atoms with Gasteiger partial charge in [0.05, 0.1) is 5.69 Å². The first kappa shape index (κ1) is 14.8. The molecule has 1 amide bonds. The van der Waals surface area contributed by atoms with Gasteiger partial charge in [0.2, 0.25) is 15.9 Å². The first-order valence-corrected chi connectivity index (χ1v) is 8.07. The quantitative estimate of drug-likeness (QED) is 0.690. The van der Waals surface area contributed by atoms with E-state index in [4.69, 9.17) is 0 Å². The van der Waals surface area contributed by atoms with Crippen molar-refractivity contribution in [2.75, 3.05) is 18.9 Å². The number of nitrogens with one attached hydrogen (secondary N) is 3. The molecule has 1 aromatic rings. The normalized spacial score (nSPS) is 14.8. The molecular formula is C13H19N3O3S. The van der Waals surface area contributed by atoms with E-state index in [1.807, 2.05) is 0 Å². The average molecular weight is 297 g/mol. The van der Waals surface area contributed by atoms with Gasteiger partial charge in [0.25, 0.3) is 0 Å². The molecule has 0 heterocycles. The van der Waals surface area contributed by atoms with Crippen molar-refractivity contribution < 1.29 is 13.2 Å². The maximum Gasteiger partial charge on any atom is 0.242 e. The largest absolute Gasteiger partial charge is 0.383 e. The second-order valence-corrected chi connectivity index (χ2v) is 6.42. The van der Waals surface area contributed by atoms with Gasteiger partial charge in [0.1, 0.15) is 4.90 Å². The maximum absolute atomic E-state index is 12.2. The summed E-state index contributed by atoms with van der Waals surface area (Å²) in [6.07, 6.45) is 2.08. The summed E-state index contributed by atoms with van der Waals surface area (Å²) in [5.74, 6) is -0.0889. The van der Waals surface area contributed by atoms with Crippen molar-refractivity contribution in [3.05, 3.63) is 24.3 Å². The highest BCUT2D eigenvalue weighted by Crippen LogP contribution is 2.25.